The van der Waals surface area contributed by atoms with Crippen molar-refractivity contribution in [1.29, 1.82) is 0 Å². The van der Waals surface area contributed by atoms with E-state index in [-0.39, 0.29) is 11.4 Å². The van der Waals surface area contributed by atoms with E-state index in [9.17, 15) is 13.2 Å². The van der Waals surface area contributed by atoms with Crippen molar-refractivity contribution in [2.24, 2.45) is 9.98 Å². The van der Waals surface area contributed by atoms with Crippen LogP contribution in [0.2, 0.25) is 0 Å². The minimum absolute atomic E-state index is 0.121. The van der Waals surface area contributed by atoms with E-state index >= 15 is 0 Å². The van der Waals surface area contributed by atoms with Crippen molar-refractivity contribution < 1.29 is 13.2 Å². The third-order valence-electron chi connectivity index (χ3n) is 0.485. The van der Waals surface area contributed by atoms with Gasteiger partial charge in [-0.25, -0.2) is 9.98 Å². The van der Waals surface area contributed by atoms with Gasteiger partial charge in [-0.3, -0.25) is 0 Å². The van der Waals surface area contributed by atoms with Gasteiger partial charge in [-0.15, -0.1) is 0 Å². The fraction of sp³-hybridized carbons (Fsp3) is 0.200. The van der Waals surface area contributed by atoms with Crippen molar-refractivity contribution in [3.8, 4) is 0 Å². The van der Waals surface area contributed by atoms with Crippen LogP contribution in [0.5, 0.6) is 0 Å². The third-order valence-corrected chi connectivity index (χ3v) is 0.583. The number of aliphatic imine (C=N–C) groups is 2. The van der Waals surface area contributed by atoms with E-state index in [1.165, 1.54) is 0 Å². The maximum atomic E-state index is 11.3. The number of halogens is 4. The van der Waals surface area contributed by atoms with Crippen LogP contribution in [0, 0.1) is 0 Å². The first-order chi connectivity index (χ1) is 4.92. The fourth-order valence-corrected chi connectivity index (χ4v) is 0.257. The maximum Gasteiger partial charge on any atom is 0.426 e. The Morgan fingerprint density at radius 2 is 2.00 bits per heavy atom. The number of rotatable bonds is 2. The Labute approximate surface area is 66.1 Å². The molecule has 0 saturated heterocycles. The second kappa shape index (κ2) is 4.12. The molecule has 0 aromatic rings. The topological polar surface area (TPSA) is 24.7 Å². The quantitative estimate of drug-likeness (QED) is 0.358. The molecule has 0 aromatic heterocycles. The van der Waals surface area contributed by atoms with Gasteiger partial charge in [0.2, 0.25) is 0 Å². The molecular weight excluding hydrogens is 181 g/mol. The smallest absolute Gasteiger partial charge is 0.240 e. The van der Waals surface area contributed by atoms with Crippen molar-refractivity contribution in [1.82, 2.24) is 0 Å². The predicted molar refractivity (Wildman–Crippen MR) is 38.0 cm³/mol. The van der Waals surface area contributed by atoms with Gasteiger partial charge in [-0.2, -0.15) is 13.2 Å². The van der Waals surface area contributed by atoms with Crippen LogP contribution in [-0.2, 0) is 0 Å². The number of hydrogen-bond donors (Lipinski definition) is 0. The van der Waals surface area contributed by atoms with Crippen molar-refractivity contribution in [2.45, 2.75) is 6.18 Å². The molecule has 0 aromatic carbocycles. The molecule has 11 heavy (non-hydrogen) atoms. The lowest BCUT2D eigenvalue weighted by Gasteiger charge is -1.92. The van der Waals surface area contributed by atoms with Gasteiger partial charge in [-0.05, 0) is 0 Å². The lowest BCUT2D eigenvalue weighted by molar-refractivity contribution is -0.0534. The molecule has 0 fully saturated rings. The van der Waals surface area contributed by atoms with E-state index in [0.29, 0.717) is 6.34 Å². The van der Waals surface area contributed by atoms with Gasteiger partial charge >= 0.3 is 6.18 Å². The van der Waals surface area contributed by atoms with E-state index in [1.807, 2.05) is 0 Å². The molecule has 0 unspecified atom stereocenters. The minimum Gasteiger partial charge on any atom is -0.240 e. The molecule has 0 bridgehead atoms. The minimum atomic E-state index is -4.42. The molecule has 0 spiro atoms. The van der Waals surface area contributed by atoms with E-state index < -0.39 is 6.18 Å². The van der Waals surface area contributed by atoms with E-state index in [1.54, 1.807) is 0 Å². The van der Waals surface area contributed by atoms with E-state index in [4.69, 9.17) is 11.6 Å². The van der Waals surface area contributed by atoms with Crippen LogP contribution in [0.3, 0.4) is 0 Å². The molecule has 2 nitrogen and oxygen atoms in total. The van der Waals surface area contributed by atoms with Crippen LogP contribution in [-0.4, -0.2) is 18.7 Å². The van der Waals surface area contributed by atoms with E-state index in [0.717, 1.165) is 0 Å². The molecule has 0 saturated carbocycles. The van der Waals surface area contributed by atoms with Crippen LogP contribution in [0.15, 0.2) is 21.7 Å². The summed E-state index contributed by atoms with van der Waals surface area (Å²) < 4.78 is 33.9. The molecule has 0 aliphatic carbocycles. The summed E-state index contributed by atoms with van der Waals surface area (Å²) in [6.07, 6.45) is -3.95. The molecule has 0 amide bonds. The molecule has 0 radical (unpaired) electrons. The van der Waals surface area contributed by atoms with Crippen molar-refractivity contribution in [3.63, 3.8) is 0 Å². The van der Waals surface area contributed by atoms with Gasteiger partial charge in [0.1, 0.15) is 17.7 Å². The van der Waals surface area contributed by atoms with E-state index in [2.05, 4.69) is 16.6 Å². The lowest BCUT2D eigenvalue weighted by Crippen LogP contribution is -2.08. The van der Waals surface area contributed by atoms with Crippen LogP contribution >= 0.6 is 11.6 Å². The summed E-state index contributed by atoms with van der Waals surface area (Å²) in [7, 11) is 0. The van der Waals surface area contributed by atoms with Gasteiger partial charge in [-0.1, -0.05) is 18.2 Å². The molecule has 0 aliphatic rings. The predicted octanol–water partition coefficient (Wildman–Crippen LogP) is 2.36. The Hall–Kier alpha value is -0.840. The van der Waals surface area contributed by atoms with Crippen LogP contribution < -0.4 is 0 Å². The molecule has 6 heteroatoms. The second-order valence-electron chi connectivity index (χ2n) is 1.44. The standard InChI is InChI=1S/C5H4ClF3N2/c1-4(6)11-3-10-2-5(7,8)9/h2-3H,1H2/b10-2+,11-3-. The van der Waals surface area contributed by atoms with Gasteiger partial charge < -0.3 is 0 Å². The van der Waals surface area contributed by atoms with Crippen LogP contribution in [0.25, 0.3) is 0 Å². The first-order valence-electron chi connectivity index (χ1n) is 2.40. The molecule has 0 atom stereocenters. The molecule has 62 valence electrons. The second-order valence-corrected chi connectivity index (χ2v) is 1.88. The Balaban J connectivity index is 3.88. The monoisotopic (exact) mass is 184 g/mol. The molecule has 0 rings (SSSR count). The van der Waals surface area contributed by atoms with Gasteiger partial charge in [0.25, 0.3) is 0 Å². The first kappa shape index (κ1) is 10.2. The highest BCUT2D eigenvalue weighted by Crippen LogP contribution is 2.09. The first-order valence-corrected chi connectivity index (χ1v) is 2.77. The van der Waals surface area contributed by atoms with Crippen LogP contribution in [0.1, 0.15) is 0 Å². The molecular formula is C5H4ClF3N2. The summed E-state index contributed by atoms with van der Waals surface area (Å²) in [6, 6.07) is 0. The summed E-state index contributed by atoms with van der Waals surface area (Å²) in [5, 5.41) is -0.121. The summed E-state index contributed by atoms with van der Waals surface area (Å²) in [5.41, 5.74) is 0. The Kier molecular flexibility index (Phi) is 3.81. The average molecular weight is 185 g/mol. The molecule has 0 N–H and O–H groups in total. The number of nitrogens with zero attached hydrogens (tertiary/aromatic N) is 2. The zero-order valence-corrected chi connectivity index (χ0v) is 6.02. The van der Waals surface area contributed by atoms with Gasteiger partial charge in [0, 0.05) is 0 Å². The Morgan fingerprint density at radius 1 is 1.45 bits per heavy atom. The average Bonchev–Trinajstić information content (AvgIpc) is 1.78. The third kappa shape index (κ3) is 9.16. The normalized spacial score (nSPS) is 13.1. The summed E-state index contributed by atoms with van der Waals surface area (Å²) in [4.78, 5) is 5.97. The highest BCUT2D eigenvalue weighted by Gasteiger charge is 2.23. The molecule has 0 heterocycles. The lowest BCUT2D eigenvalue weighted by atomic mass is 10.7. The summed E-state index contributed by atoms with van der Waals surface area (Å²) in [5.74, 6) is 0. The zero-order chi connectivity index (χ0) is 8.91. The maximum absolute atomic E-state index is 11.3. The van der Waals surface area contributed by atoms with Crippen molar-refractivity contribution in [3.05, 3.63) is 11.7 Å². The fourth-order valence-electron chi connectivity index (χ4n) is 0.214. The Bertz CT molecular complexity index is 194. The number of alkyl halides is 3. The largest absolute Gasteiger partial charge is 0.426 e. The molecule has 0 aliphatic heterocycles. The number of hydrogen-bond acceptors (Lipinski definition) is 1. The van der Waals surface area contributed by atoms with Crippen molar-refractivity contribution in [2.75, 3.05) is 0 Å². The highest BCUT2D eigenvalue weighted by molar-refractivity contribution is 6.29. The SMILES string of the molecule is C=C(Cl)/N=C\N=C\C(F)(F)F. The Morgan fingerprint density at radius 3 is 2.36 bits per heavy atom. The van der Waals surface area contributed by atoms with Gasteiger partial charge in [0.15, 0.2) is 0 Å². The van der Waals surface area contributed by atoms with Crippen LogP contribution in [0.4, 0.5) is 13.2 Å². The van der Waals surface area contributed by atoms with Gasteiger partial charge in [0.05, 0.1) is 0 Å². The zero-order valence-electron chi connectivity index (χ0n) is 5.27. The summed E-state index contributed by atoms with van der Waals surface area (Å²) >= 11 is 5.08. The summed E-state index contributed by atoms with van der Waals surface area (Å²) in [6.45, 7) is 3.10. The highest BCUT2D eigenvalue weighted by atomic mass is 35.5. The van der Waals surface area contributed by atoms with Crippen molar-refractivity contribution >= 4 is 24.2 Å².